The first-order valence-corrected chi connectivity index (χ1v) is 8.32. The van der Waals surface area contributed by atoms with Gasteiger partial charge in [0.05, 0.1) is 5.60 Å². The molecule has 1 N–H and O–H groups in total. The fourth-order valence-corrected chi connectivity index (χ4v) is 2.78. The van der Waals surface area contributed by atoms with Crippen molar-refractivity contribution < 1.29 is 14.3 Å². The Morgan fingerprint density at radius 2 is 1.72 bits per heavy atom. The van der Waals surface area contributed by atoms with Crippen LogP contribution >= 0.6 is 0 Å². The number of benzene rings is 2. The maximum atomic E-state index is 13.1. The third-order valence-corrected chi connectivity index (χ3v) is 4.44. The number of amides is 1. The zero-order valence-corrected chi connectivity index (χ0v) is 14.1. The monoisotopic (exact) mass is 337 g/mol. The summed E-state index contributed by atoms with van der Waals surface area (Å²) in [7, 11) is 0. The van der Waals surface area contributed by atoms with E-state index in [-0.39, 0.29) is 11.7 Å². The number of halogens is 1. The molecule has 1 fully saturated rings. The molecule has 1 amide bonds. The molecule has 1 heterocycles. The van der Waals surface area contributed by atoms with Crippen molar-refractivity contribution in [1.29, 1.82) is 0 Å². The van der Waals surface area contributed by atoms with E-state index < -0.39 is 5.60 Å². The topological polar surface area (TPSA) is 40.5 Å². The van der Waals surface area contributed by atoms with Gasteiger partial charge in [-0.2, -0.15) is 0 Å². The van der Waals surface area contributed by atoms with E-state index in [0.717, 1.165) is 5.56 Å². The lowest BCUT2D eigenvalue weighted by molar-refractivity contribution is -0.00202. The summed E-state index contributed by atoms with van der Waals surface area (Å²) in [6, 6.07) is 13.2. The number of rotatable bonds is 1. The van der Waals surface area contributed by atoms with E-state index in [9.17, 15) is 14.3 Å². The first kappa shape index (κ1) is 17.2. The van der Waals surface area contributed by atoms with Crippen LogP contribution in [0.2, 0.25) is 0 Å². The van der Waals surface area contributed by atoms with Crippen molar-refractivity contribution in [2.75, 3.05) is 13.1 Å². The minimum Gasteiger partial charge on any atom is -0.390 e. The maximum absolute atomic E-state index is 13.1. The highest BCUT2D eigenvalue weighted by Gasteiger charge is 2.29. The summed E-state index contributed by atoms with van der Waals surface area (Å²) in [6.07, 6.45) is 1.19. The molecule has 0 atom stereocenters. The van der Waals surface area contributed by atoms with Crippen molar-refractivity contribution in [3.63, 3.8) is 0 Å². The van der Waals surface area contributed by atoms with Crippen molar-refractivity contribution in [3.8, 4) is 11.8 Å². The van der Waals surface area contributed by atoms with Crippen LogP contribution in [-0.4, -0.2) is 34.6 Å². The van der Waals surface area contributed by atoms with Crippen LogP contribution in [0, 0.1) is 17.7 Å². The van der Waals surface area contributed by atoms with Crippen molar-refractivity contribution in [3.05, 3.63) is 71.0 Å². The van der Waals surface area contributed by atoms with Gasteiger partial charge in [-0.3, -0.25) is 4.79 Å². The third kappa shape index (κ3) is 4.46. The minimum atomic E-state index is -0.673. The largest absolute Gasteiger partial charge is 0.390 e. The molecule has 0 radical (unpaired) electrons. The zero-order chi connectivity index (χ0) is 17.9. The molecule has 0 aromatic heterocycles. The van der Waals surface area contributed by atoms with Crippen LogP contribution in [0.4, 0.5) is 4.39 Å². The second kappa shape index (κ2) is 7.08. The SMILES string of the molecule is CC1(O)CCN(C(=O)c2ccc(C#Cc3cccc(F)c3)cc2)CC1. The summed E-state index contributed by atoms with van der Waals surface area (Å²) in [5.74, 6) is 5.54. The lowest BCUT2D eigenvalue weighted by atomic mass is 9.93. The molecule has 0 spiro atoms. The molecule has 1 saturated heterocycles. The molecule has 3 rings (SSSR count). The van der Waals surface area contributed by atoms with E-state index in [0.29, 0.717) is 37.1 Å². The molecule has 0 bridgehead atoms. The normalized spacial score (nSPS) is 16.0. The van der Waals surface area contributed by atoms with Crippen LogP contribution in [0.3, 0.4) is 0 Å². The summed E-state index contributed by atoms with van der Waals surface area (Å²) in [5.41, 5.74) is 1.31. The Morgan fingerprint density at radius 3 is 2.36 bits per heavy atom. The zero-order valence-electron chi connectivity index (χ0n) is 14.1. The number of hydrogen-bond acceptors (Lipinski definition) is 2. The molecule has 0 unspecified atom stereocenters. The van der Waals surface area contributed by atoms with E-state index in [2.05, 4.69) is 11.8 Å². The van der Waals surface area contributed by atoms with Gasteiger partial charge in [-0.25, -0.2) is 4.39 Å². The second-order valence-corrected chi connectivity index (χ2v) is 6.63. The molecule has 1 aliphatic heterocycles. The van der Waals surface area contributed by atoms with Gasteiger partial charge in [-0.15, -0.1) is 0 Å². The van der Waals surface area contributed by atoms with Gasteiger partial charge in [0.25, 0.3) is 5.91 Å². The number of carbonyl (C=O) groups is 1. The van der Waals surface area contributed by atoms with E-state index in [1.165, 1.54) is 12.1 Å². The van der Waals surface area contributed by atoms with Crippen molar-refractivity contribution >= 4 is 5.91 Å². The van der Waals surface area contributed by atoms with Crippen LogP contribution in [-0.2, 0) is 0 Å². The number of aliphatic hydroxyl groups is 1. The van der Waals surface area contributed by atoms with Gasteiger partial charge in [-0.1, -0.05) is 17.9 Å². The molecular weight excluding hydrogens is 317 g/mol. The summed E-state index contributed by atoms with van der Waals surface area (Å²) in [4.78, 5) is 14.3. The van der Waals surface area contributed by atoms with E-state index >= 15 is 0 Å². The van der Waals surface area contributed by atoms with Gasteiger partial charge >= 0.3 is 0 Å². The van der Waals surface area contributed by atoms with Gasteiger partial charge in [0, 0.05) is 29.8 Å². The Morgan fingerprint density at radius 1 is 1.08 bits per heavy atom. The Bertz CT molecular complexity index is 821. The standard InChI is InChI=1S/C21H20FNO2/c1-21(25)11-13-23(14-12-21)20(24)18-9-7-16(8-10-18)5-6-17-3-2-4-19(22)15-17/h2-4,7-10,15,25H,11-14H2,1H3. The molecule has 128 valence electrons. The van der Waals surface area contributed by atoms with E-state index in [4.69, 9.17) is 0 Å². The summed E-state index contributed by atoms with van der Waals surface area (Å²) in [6.45, 7) is 2.93. The predicted molar refractivity (Wildman–Crippen MR) is 94.6 cm³/mol. The second-order valence-electron chi connectivity index (χ2n) is 6.63. The van der Waals surface area contributed by atoms with Crippen LogP contribution in [0.5, 0.6) is 0 Å². The van der Waals surface area contributed by atoms with E-state index in [1.807, 2.05) is 0 Å². The number of piperidine rings is 1. The first-order chi connectivity index (χ1) is 11.9. The van der Waals surface area contributed by atoms with Crippen molar-refractivity contribution in [2.24, 2.45) is 0 Å². The van der Waals surface area contributed by atoms with Crippen LogP contribution in [0.1, 0.15) is 41.3 Å². The molecule has 0 aliphatic carbocycles. The van der Waals surface area contributed by atoms with Crippen molar-refractivity contribution in [2.45, 2.75) is 25.4 Å². The van der Waals surface area contributed by atoms with Gasteiger partial charge in [0.15, 0.2) is 0 Å². The fourth-order valence-electron chi connectivity index (χ4n) is 2.78. The smallest absolute Gasteiger partial charge is 0.253 e. The molecular formula is C21H20FNO2. The quantitative estimate of drug-likeness (QED) is 0.812. The van der Waals surface area contributed by atoms with Gasteiger partial charge in [0.2, 0.25) is 0 Å². The summed E-state index contributed by atoms with van der Waals surface area (Å²) >= 11 is 0. The lowest BCUT2D eigenvalue weighted by Gasteiger charge is -2.35. The fraction of sp³-hybridized carbons (Fsp3) is 0.286. The molecule has 25 heavy (non-hydrogen) atoms. The van der Waals surface area contributed by atoms with Gasteiger partial charge in [-0.05, 0) is 62.2 Å². The maximum Gasteiger partial charge on any atom is 0.253 e. The van der Waals surface area contributed by atoms with Crippen molar-refractivity contribution in [1.82, 2.24) is 4.90 Å². The minimum absolute atomic E-state index is 0.0276. The third-order valence-electron chi connectivity index (χ3n) is 4.44. The predicted octanol–water partition coefficient (Wildman–Crippen LogP) is 3.21. The first-order valence-electron chi connectivity index (χ1n) is 8.32. The van der Waals surface area contributed by atoms with Crippen LogP contribution in [0.15, 0.2) is 48.5 Å². The van der Waals surface area contributed by atoms with Gasteiger partial charge < -0.3 is 10.0 Å². The number of nitrogens with zero attached hydrogens (tertiary/aromatic N) is 1. The Kier molecular flexibility index (Phi) is 4.87. The Hall–Kier alpha value is -2.64. The molecule has 2 aromatic rings. The van der Waals surface area contributed by atoms with Gasteiger partial charge in [0.1, 0.15) is 5.82 Å². The lowest BCUT2D eigenvalue weighted by Crippen LogP contribution is -2.45. The molecule has 3 nitrogen and oxygen atoms in total. The Balaban J connectivity index is 1.67. The summed E-state index contributed by atoms with van der Waals surface area (Å²) in [5, 5.41) is 9.97. The molecule has 1 aliphatic rings. The summed E-state index contributed by atoms with van der Waals surface area (Å²) < 4.78 is 13.1. The molecule has 2 aromatic carbocycles. The molecule has 0 saturated carbocycles. The number of hydrogen-bond donors (Lipinski definition) is 1. The van der Waals surface area contributed by atoms with Crippen LogP contribution in [0.25, 0.3) is 0 Å². The molecule has 4 heteroatoms. The Labute approximate surface area is 147 Å². The highest BCUT2D eigenvalue weighted by Crippen LogP contribution is 2.22. The highest BCUT2D eigenvalue weighted by molar-refractivity contribution is 5.94. The average molecular weight is 337 g/mol. The van der Waals surface area contributed by atoms with E-state index in [1.54, 1.807) is 48.2 Å². The average Bonchev–Trinajstić information content (AvgIpc) is 2.60. The highest BCUT2D eigenvalue weighted by atomic mass is 19.1. The van der Waals surface area contributed by atoms with Crippen LogP contribution < -0.4 is 0 Å². The number of carbonyl (C=O) groups excluding carboxylic acids is 1. The number of likely N-dealkylation sites (tertiary alicyclic amines) is 1.